The molecular weight excluding hydrogens is 307 g/mol. The minimum atomic E-state index is -0.371. The Hall–Kier alpha value is -2.87. The minimum Gasteiger partial charge on any atom is -0.457 e. The van der Waals surface area contributed by atoms with Crippen molar-refractivity contribution in [2.24, 2.45) is 0 Å². The molecule has 122 valence electrons. The number of hydrogen-bond donors (Lipinski definition) is 1. The number of nitriles is 1. The summed E-state index contributed by atoms with van der Waals surface area (Å²) in [6, 6.07) is 11.4. The Morgan fingerprint density at radius 1 is 1.21 bits per heavy atom. The summed E-state index contributed by atoms with van der Waals surface area (Å²) in [6.45, 7) is 0. The molecule has 24 heavy (non-hydrogen) atoms. The lowest BCUT2D eigenvalue weighted by Gasteiger charge is -2.10. The summed E-state index contributed by atoms with van der Waals surface area (Å²) in [5.74, 6) is 0.270. The van der Waals surface area contributed by atoms with Crippen LogP contribution in [0.4, 0.5) is 4.39 Å². The maximum atomic E-state index is 13.0. The van der Waals surface area contributed by atoms with Gasteiger partial charge in [0.15, 0.2) is 0 Å². The van der Waals surface area contributed by atoms with Crippen molar-refractivity contribution in [1.29, 1.82) is 5.26 Å². The first-order valence-corrected chi connectivity index (χ1v) is 7.94. The smallest absolute Gasteiger partial charge is 0.262 e. The number of nitrogens with zero attached hydrogens (tertiary/aromatic N) is 1. The first kappa shape index (κ1) is 16.0. The van der Waals surface area contributed by atoms with E-state index in [0.717, 1.165) is 31.2 Å². The van der Waals surface area contributed by atoms with Crippen molar-refractivity contribution in [2.45, 2.75) is 31.7 Å². The van der Waals surface area contributed by atoms with Crippen molar-refractivity contribution in [3.05, 3.63) is 53.5 Å². The molecule has 1 N–H and O–H groups in total. The molecule has 0 aliphatic heterocycles. The molecular formula is C19H17FN2O2. The van der Waals surface area contributed by atoms with Gasteiger partial charge >= 0.3 is 0 Å². The van der Waals surface area contributed by atoms with E-state index < -0.39 is 0 Å². The van der Waals surface area contributed by atoms with Gasteiger partial charge < -0.3 is 9.73 Å². The second kappa shape index (κ2) is 7.14. The van der Waals surface area contributed by atoms with E-state index in [1.165, 1.54) is 18.2 Å². The highest BCUT2D eigenvalue weighted by Crippen LogP contribution is 2.24. The van der Waals surface area contributed by atoms with E-state index in [4.69, 9.17) is 4.42 Å². The van der Waals surface area contributed by atoms with Crippen molar-refractivity contribution in [3.8, 4) is 17.4 Å². The predicted octanol–water partition coefficient (Wildman–Crippen LogP) is 4.05. The maximum Gasteiger partial charge on any atom is 0.262 e. The molecule has 1 amide bonds. The van der Waals surface area contributed by atoms with Crippen LogP contribution < -0.4 is 5.32 Å². The number of nitrogens with one attached hydrogen (secondary N) is 1. The Morgan fingerprint density at radius 2 is 1.92 bits per heavy atom. The fraction of sp³-hybridized carbons (Fsp3) is 0.263. The highest BCUT2D eigenvalue weighted by Gasteiger charge is 2.19. The lowest BCUT2D eigenvalue weighted by atomic mass is 10.2. The molecule has 4 nitrogen and oxygen atoms in total. The van der Waals surface area contributed by atoms with Crippen LogP contribution in [0.2, 0.25) is 0 Å². The topological polar surface area (TPSA) is 66.0 Å². The molecule has 1 saturated carbocycles. The summed E-state index contributed by atoms with van der Waals surface area (Å²) >= 11 is 0. The highest BCUT2D eigenvalue weighted by atomic mass is 19.1. The van der Waals surface area contributed by atoms with Gasteiger partial charge in [-0.3, -0.25) is 4.79 Å². The summed E-state index contributed by atoms with van der Waals surface area (Å²) in [5.41, 5.74) is 0.742. The Balaban J connectivity index is 1.75. The monoisotopic (exact) mass is 324 g/mol. The zero-order chi connectivity index (χ0) is 16.9. The molecule has 3 rings (SSSR count). The van der Waals surface area contributed by atoms with Gasteiger partial charge in [-0.1, -0.05) is 12.8 Å². The molecule has 1 aliphatic carbocycles. The van der Waals surface area contributed by atoms with Gasteiger partial charge in [-0.15, -0.1) is 0 Å². The van der Waals surface area contributed by atoms with Crippen LogP contribution in [0.5, 0.6) is 0 Å². The van der Waals surface area contributed by atoms with Crippen LogP contribution >= 0.6 is 0 Å². The zero-order valence-corrected chi connectivity index (χ0v) is 13.1. The summed E-state index contributed by atoms with van der Waals surface area (Å²) in [5, 5.41) is 12.1. The van der Waals surface area contributed by atoms with Gasteiger partial charge in [-0.2, -0.15) is 5.26 Å². The molecule has 1 aromatic heterocycles. The maximum absolute atomic E-state index is 13.0. The quantitative estimate of drug-likeness (QED) is 0.681. The zero-order valence-electron chi connectivity index (χ0n) is 13.1. The SMILES string of the molecule is N#C/C(=C/c1ccc(-c2ccc(F)cc2)o1)C(=O)NC1CCCC1. The van der Waals surface area contributed by atoms with E-state index in [1.807, 2.05) is 6.07 Å². The number of carbonyl (C=O) groups excluding carboxylic acids is 1. The van der Waals surface area contributed by atoms with Crippen molar-refractivity contribution >= 4 is 12.0 Å². The molecule has 0 radical (unpaired) electrons. The van der Waals surface area contributed by atoms with Gasteiger partial charge in [0.05, 0.1) is 0 Å². The largest absolute Gasteiger partial charge is 0.457 e. The summed E-state index contributed by atoms with van der Waals surface area (Å²) in [7, 11) is 0. The number of rotatable bonds is 4. The third-order valence-corrected chi connectivity index (χ3v) is 4.10. The van der Waals surface area contributed by atoms with Crippen LogP contribution in [0.3, 0.4) is 0 Å². The molecule has 0 spiro atoms. The van der Waals surface area contributed by atoms with Gasteiger partial charge in [0.1, 0.15) is 29.0 Å². The van der Waals surface area contributed by atoms with Crippen molar-refractivity contribution in [2.75, 3.05) is 0 Å². The highest BCUT2D eigenvalue weighted by molar-refractivity contribution is 6.01. The third kappa shape index (κ3) is 3.72. The summed E-state index contributed by atoms with van der Waals surface area (Å²) < 4.78 is 18.6. The number of carbonyl (C=O) groups is 1. The van der Waals surface area contributed by atoms with Crippen LogP contribution in [-0.4, -0.2) is 11.9 Å². The average molecular weight is 324 g/mol. The van der Waals surface area contributed by atoms with Crippen molar-refractivity contribution in [1.82, 2.24) is 5.32 Å². The molecule has 0 atom stereocenters. The Morgan fingerprint density at radius 3 is 2.58 bits per heavy atom. The fourth-order valence-electron chi connectivity index (χ4n) is 2.82. The second-order valence-electron chi connectivity index (χ2n) is 5.83. The fourth-order valence-corrected chi connectivity index (χ4v) is 2.82. The Kier molecular flexibility index (Phi) is 4.76. The molecule has 1 aromatic carbocycles. The lowest BCUT2D eigenvalue weighted by molar-refractivity contribution is -0.117. The van der Waals surface area contributed by atoms with Crippen LogP contribution in [0.15, 0.2) is 46.4 Å². The van der Waals surface area contributed by atoms with E-state index in [9.17, 15) is 14.4 Å². The Labute approximate surface area is 139 Å². The van der Waals surface area contributed by atoms with Crippen LogP contribution in [0.25, 0.3) is 17.4 Å². The third-order valence-electron chi connectivity index (χ3n) is 4.10. The van der Waals surface area contributed by atoms with E-state index in [-0.39, 0.29) is 23.3 Å². The molecule has 1 fully saturated rings. The van der Waals surface area contributed by atoms with Crippen LogP contribution in [-0.2, 0) is 4.79 Å². The molecule has 0 saturated heterocycles. The lowest BCUT2D eigenvalue weighted by Crippen LogP contribution is -2.33. The van der Waals surface area contributed by atoms with E-state index in [0.29, 0.717) is 11.5 Å². The number of hydrogen-bond acceptors (Lipinski definition) is 3. The molecule has 2 aromatic rings. The van der Waals surface area contributed by atoms with Crippen molar-refractivity contribution < 1.29 is 13.6 Å². The van der Waals surface area contributed by atoms with Gasteiger partial charge in [0.2, 0.25) is 0 Å². The molecule has 1 aliphatic rings. The van der Waals surface area contributed by atoms with E-state index >= 15 is 0 Å². The van der Waals surface area contributed by atoms with Gasteiger partial charge in [0.25, 0.3) is 5.91 Å². The normalized spacial score (nSPS) is 15.2. The van der Waals surface area contributed by atoms with Gasteiger partial charge in [-0.05, 0) is 49.2 Å². The Bertz CT molecular complexity index is 794. The number of halogens is 1. The number of amides is 1. The standard InChI is InChI=1S/C19H17FN2O2/c20-15-7-5-13(6-8-15)18-10-9-17(24-18)11-14(12-21)19(23)22-16-3-1-2-4-16/h5-11,16H,1-4H2,(H,22,23)/b14-11-. The minimum absolute atomic E-state index is 0.0157. The van der Waals surface area contributed by atoms with Crippen LogP contribution in [0.1, 0.15) is 31.4 Å². The van der Waals surface area contributed by atoms with Gasteiger partial charge in [-0.25, -0.2) is 4.39 Å². The molecule has 1 heterocycles. The first-order valence-electron chi connectivity index (χ1n) is 7.94. The van der Waals surface area contributed by atoms with Gasteiger partial charge in [0, 0.05) is 17.7 Å². The predicted molar refractivity (Wildman–Crippen MR) is 88.1 cm³/mol. The van der Waals surface area contributed by atoms with E-state index in [1.54, 1.807) is 24.3 Å². The molecule has 5 heteroatoms. The number of benzene rings is 1. The number of furan rings is 1. The summed E-state index contributed by atoms with van der Waals surface area (Å²) in [4.78, 5) is 12.2. The van der Waals surface area contributed by atoms with Crippen molar-refractivity contribution in [3.63, 3.8) is 0 Å². The summed E-state index contributed by atoms with van der Waals surface area (Å²) in [6.07, 6.45) is 5.56. The molecule has 0 bridgehead atoms. The second-order valence-corrected chi connectivity index (χ2v) is 5.83. The van der Waals surface area contributed by atoms with E-state index in [2.05, 4.69) is 5.32 Å². The molecule has 0 unspecified atom stereocenters. The average Bonchev–Trinajstić information content (AvgIpc) is 3.25. The van der Waals surface area contributed by atoms with Crippen LogP contribution in [0, 0.1) is 17.1 Å². The first-order chi connectivity index (χ1) is 11.7.